The smallest absolute Gasteiger partial charge is 0.273 e. The second-order valence-electron chi connectivity index (χ2n) is 4.55. The number of nitrogens with zero attached hydrogens (tertiary/aromatic N) is 3. The monoisotopic (exact) mass is 366 g/mol. The van der Waals surface area contributed by atoms with Crippen molar-refractivity contribution < 1.29 is 9.59 Å². The number of hydrogen-bond acceptors (Lipinski definition) is 5. The minimum Gasteiger partial charge on any atom is -0.297 e. The molecule has 0 atom stereocenters. The lowest BCUT2D eigenvalue weighted by Crippen LogP contribution is -2.34. The molecule has 0 saturated carbocycles. The van der Waals surface area contributed by atoms with E-state index in [2.05, 4.69) is 31.3 Å². The van der Waals surface area contributed by atoms with Gasteiger partial charge in [0.25, 0.3) is 5.91 Å². The molecule has 0 unspecified atom stereocenters. The number of nitrogens with one attached hydrogen (secondary N) is 1. The summed E-state index contributed by atoms with van der Waals surface area (Å²) in [5.74, 6) is -0.399. The van der Waals surface area contributed by atoms with Crippen LogP contribution in [0.1, 0.15) is 12.8 Å². The SMILES string of the molecule is CN1N=C(C(=O)Nc2nc3ccc(Br)cc3s2)CCC1=O. The lowest BCUT2D eigenvalue weighted by molar-refractivity contribution is -0.130. The number of hydrogen-bond donors (Lipinski definition) is 1. The van der Waals surface area contributed by atoms with Gasteiger partial charge in [-0.15, -0.1) is 0 Å². The van der Waals surface area contributed by atoms with Crippen LogP contribution in [0.3, 0.4) is 0 Å². The summed E-state index contributed by atoms with van der Waals surface area (Å²) in [6, 6.07) is 5.74. The summed E-state index contributed by atoms with van der Waals surface area (Å²) >= 11 is 4.80. The lowest BCUT2D eigenvalue weighted by atomic mass is 10.1. The summed E-state index contributed by atoms with van der Waals surface area (Å²) in [6.45, 7) is 0. The molecule has 1 aromatic carbocycles. The van der Waals surface area contributed by atoms with Gasteiger partial charge < -0.3 is 0 Å². The van der Waals surface area contributed by atoms with Crippen LogP contribution >= 0.6 is 27.3 Å². The maximum Gasteiger partial charge on any atom is 0.273 e. The van der Waals surface area contributed by atoms with E-state index in [4.69, 9.17) is 0 Å². The summed E-state index contributed by atoms with van der Waals surface area (Å²) in [5.41, 5.74) is 1.17. The molecule has 2 aromatic rings. The number of benzene rings is 1. The van der Waals surface area contributed by atoms with Gasteiger partial charge in [-0.2, -0.15) is 5.10 Å². The molecule has 8 heteroatoms. The molecule has 0 fully saturated rings. The van der Waals surface area contributed by atoms with Gasteiger partial charge in [0.1, 0.15) is 5.71 Å². The predicted molar refractivity (Wildman–Crippen MR) is 85.4 cm³/mol. The van der Waals surface area contributed by atoms with E-state index in [1.54, 1.807) is 7.05 Å². The van der Waals surface area contributed by atoms with Crippen molar-refractivity contribution >= 4 is 60.1 Å². The Labute approximate surface area is 133 Å². The lowest BCUT2D eigenvalue weighted by Gasteiger charge is -2.18. The van der Waals surface area contributed by atoms with E-state index < -0.39 is 0 Å². The van der Waals surface area contributed by atoms with Crippen molar-refractivity contribution in [3.63, 3.8) is 0 Å². The fourth-order valence-corrected chi connectivity index (χ4v) is 3.37. The third-order valence-electron chi connectivity index (χ3n) is 3.04. The van der Waals surface area contributed by atoms with Crippen molar-refractivity contribution in [2.24, 2.45) is 5.10 Å². The Balaban J connectivity index is 1.80. The molecule has 0 saturated heterocycles. The van der Waals surface area contributed by atoms with E-state index in [0.717, 1.165) is 14.7 Å². The summed E-state index contributed by atoms with van der Waals surface area (Å²) < 4.78 is 1.95. The molecule has 2 amide bonds. The highest BCUT2D eigenvalue weighted by molar-refractivity contribution is 9.10. The number of anilines is 1. The first-order chi connectivity index (χ1) is 10.0. The van der Waals surface area contributed by atoms with Crippen LogP contribution in [0.5, 0.6) is 0 Å². The maximum absolute atomic E-state index is 12.1. The molecule has 108 valence electrons. The first-order valence-electron chi connectivity index (χ1n) is 6.24. The zero-order valence-corrected chi connectivity index (χ0v) is 13.5. The van der Waals surface area contributed by atoms with Crippen molar-refractivity contribution in [2.45, 2.75) is 12.8 Å². The molecule has 1 aliphatic rings. The highest BCUT2D eigenvalue weighted by atomic mass is 79.9. The first-order valence-corrected chi connectivity index (χ1v) is 7.85. The van der Waals surface area contributed by atoms with Gasteiger partial charge in [-0.05, 0) is 18.2 Å². The largest absolute Gasteiger partial charge is 0.297 e. The fraction of sp³-hybridized carbons (Fsp3) is 0.231. The van der Waals surface area contributed by atoms with Gasteiger partial charge in [-0.1, -0.05) is 27.3 Å². The average Bonchev–Trinajstić information content (AvgIpc) is 2.83. The van der Waals surface area contributed by atoms with Crippen LogP contribution in [0.15, 0.2) is 27.8 Å². The van der Waals surface area contributed by atoms with Gasteiger partial charge >= 0.3 is 0 Å². The number of halogens is 1. The van der Waals surface area contributed by atoms with Gasteiger partial charge in [-0.25, -0.2) is 9.99 Å². The maximum atomic E-state index is 12.1. The molecule has 1 N–H and O–H groups in total. The van der Waals surface area contributed by atoms with Crippen molar-refractivity contribution in [3.8, 4) is 0 Å². The van der Waals surface area contributed by atoms with Gasteiger partial charge in [0.2, 0.25) is 5.91 Å². The Bertz CT molecular complexity index is 771. The number of thiazole rings is 1. The van der Waals surface area contributed by atoms with E-state index in [-0.39, 0.29) is 11.8 Å². The summed E-state index contributed by atoms with van der Waals surface area (Å²) in [5, 5.41) is 8.45. The topological polar surface area (TPSA) is 74.7 Å². The van der Waals surface area contributed by atoms with E-state index in [1.165, 1.54) is 16.3 Å². The molecule has 21 heavy (non-hydrogen) atoms. The number of carbonyl (C=O) groups excluding carboxylic acids is 2. The van der Waals surface area contributed by atoms with Crippen LogP contribution in [0.4, 0.5) is 5.13 Å². The standard InChI is InChI=1S/C13H11BrN4O2S/c1-18-11(19)5-4-9(17-18)12(20)16-13-15-8-3-2-7(14)6-10(8)21-13/h2-3,6H,4-5H2,1H3,(H,15,16,20). The van der Waals surface area contributed by atoms with Gasteiger partial charge in [0.05, 0.1) is 10.2 Å². The molecule has 3 rings (SSSR count). The second-order valence-corrected chi connectivity index (χ2v) is 6.50. The minimum absolute atomic E-state index is 0.0867. The van der Waals surface area contributed by atoms with E-state index in [0.29, 0.717) is 23.7 Å². The third kappa shape index (κ3) is 2.96. The highest BCUT2D eigenvalue weighted by Gasteiger charge is 2.22. The molecule has 0 radical (unpaired) electrons. The molecule has 1 aliphatic heterocycles. The van der Waals surface area contributed by atoms with Gasteiger partial charge in [0, 0.05) is 24.4 Å². The first kappa shape index (κ1) is 14.2. The fourth-order valence-electron chi connectivity index (χ4n) is 1.95. The molecule has 1 aromatic heterocycles. The number of rotatable bonds is 2. The highest BCUT2D eigenvalue weighted by Crippen LogP contribution is 2.28. The summed E-state index contributed by atoms with van der Waals surface area (Å²) in [6.07, 6.45) is 0.654. The summed E-state index contributed by atoms with van der Waals surface area (Å²) in [7, 11) is 1.55. The molecular weight excluding hydrogens is 356 g/mol. The van der Waals surface area contributed by atoms with Gasteiger partial charge in [0.15, 0.2) is 5.13 Å². The number of amides is 2. The predicted octanol–water partition coefficient (Wildman–Crippen LogP) is 2.61. The molecule has 6 nitrogen and oxygen atoms in total. The van der Waals surface area contributed by atoms with Crippen LogP contribution in [-0.4, -0.2) is 34.6 Å². The molecular formula is C13H11BrN4O2S. The zero-order chi connectivity index (χ0) is 15.0. The Hall–Kier alpha value is -1.80. The molecule has 2 heterocycles. The summed E-state index contributed by atoms with van der Waals surface area (Å²) in [4.78, 5) is 27.8. The number of hydrazone groups is 1. The van der Waals surface area contributed by atoms with Crippen molar-refractivity contribution in [2.75, 3.05) is 12.4 Å². The Morgan fingerprint density at radius 2 is 2.24 bits per heavy atom. The quantitative estimate of drug-likeness (QED) is 0.887. The van der Waals surface area contributed by atoms with Crippen LogP contribution in [0.2, 0.25) is 0 Å². The average molecular weight is 367 g/mol. The van der Waals surface area contributed by atoms with Crippen LogP contribution < -0.4 is 5.32 Å². The molecule has 0 bridgehead atoms. The number of fused-ring (bicyclic) bond motifs is 1. The van der Waals surface area contributed by atoms with Crippen molar-refractivity contribution in [1.82, 2.24) is 9.99 Å². The molecule has 0 spiro atoms. The Kier molecular flexibility index (Phi) is 3.73. The van der Waals surface area contributed by atoms with E-state index >= 15 is 0 Å². The molecule has 0 aliphatic carbocycles. The zero-order valence-electron chi connectivity index (χ0n) is 11.1. The second kappa shape index (κ2) is 5.53. The Morgan fingerprint density at radius 1 is 1.43 bits per heavy atom. The van der Waals surface area contributed by atoms with Crippen molar-refractivity contribution in [1.29, 1.82) is 0 Å². The van der Waals surface area contributed by atoms with Gasteiger partial charge in [-0.3, -0.25) is 14.9 Å². The normalized spacial score (nSPS) is 15.2. The van der Waals surface area contributed by atoms with E-state index in [1.807, 2.05) is 18.2 Å². The van der Waals surface area contributed by atoms with Crippen LogP contribution in [-0.2, 0) is 9.59 Å². The van der Waals surface area contributed by atoms with Crippen molar-refractivity contribution in [3.05, 3.63) is 22.7 Å². The third-order valence-corrected chi connectivity index (χ3v) is 4.47. The van der Waals surface area contributed by atoms with E-state index in [9.17, 15) is 9.59 Å². The number of carbonyl (C=O) groups is 2. The van der Waals surface area contributed by atoms with Crippen LogP contribution in [0, 0.1) is 0 Å². The van der Waals surface area contributed by atoms with Crippen LogP contribution in [0.25, 0.3) is 10.2 Å². The Morgan fingerprint density at radius 3 is 3.00 bits per heavy atom. The number of aromatic nitrogens is 1. The minimum atomic E-state index is -0.313.